The molecule has 0 aromatic carbocycles. The normalized spacial score (nSPS) is 21.9. The minimum Gasteiger partial charge on any atom is -0.316 e. The van der Waals surface area contributed by atoms with E-state index in [1.54, 1.807) is 11.3 Å². The number of aromatic nitrogens is 1. The number of hydrogen-bond acceptors (Lipinski definition) is 4. The molecule has 3 nitrogen and oxygen atoms in total. The van der Waals surface area contributed by atoms with Gasteiger partial charge in [0.25, 0.3) is 0 Å². The van der Waals surface area contributed by atoms with E-state index in [9.17, 15) is 4.79 Å². The Morgan fingerprint density at radius 3 is 3.20 bits per heavy atom. The molecule has 4 heteroatoms. The zero-order chi connectivity index (χ0) is 10.7. The molecular formula is C11H16N2OS. The van der Waals surface area contributed by atoms with Gasteiger partial charge in [0.05, 0.1) is 11.2 Å². The maximum Gasteiger partial charge on any atom is 0.138 e. The van der Waals surface area contributed by atoms with Crippen LogP contribution in [0.3, 0.4) is 0 Å². The molecule has 1 atom stereocenters. The number of piperidine rings is 1. The molecule has 0 bridgehead atoms. The number of carbonyl (C=O) groups is 1. The summed E-state index contributed by atoms with van der Waals surface area (Å²) in [5, 5.41) is 3.28. The molecule has 1 aliphatic rings. The highest BCUT2D eigenvalue weighted by Gasteiger charge is 2.21. The molecule has 15 heavy (non-hydrogen) atoms. The van der Waals surface area contributed by atoms with Gasteiger partial charge in [0.15, 0.2) is 0 Å². The maximum atomic E-state index is 11.6. The highest BCUT2D eigenvalue weighted by Crippen LogP contribution is 2.19. The second kappa shape index (κ2) is 4.86. The maximum absolute atomic E-state index is 11.6. The molecule has 0 spiro atoms. The van der Waals surface area contributed by atoms with Crippen molar-refractivity contribution >= 4 is 17.1 Å². The van der Waals surface area contributed by atoms with Gasteiger partial charge >= 0.3 is 0 Å². The van der Waals surface area contributed by atoms with Gasteiger partial charge < -0.3 is 5.32 Å². The summed E-state index contributed by atoms with van der Waals surface area (Å²) in [6.07, 6.45) is 2.66. The zero-order valence-electron chi connectivity index (χ0n) is 8.95. The Morgan fingerprint density at radius 1 is 1.67 bits per heavy atom. The molecule has 2 rings (SSSR count). The minimum absolute atomic E-state index is 0.222. The molecule has 2 heterocycles. The van der Waals surface area contributed by atoms with Crippen molar-refractivity contribution in [3.63, 3.8) is 0 Å². The number of nitrogens with one attached hydrogen (secondary N) is 1. The highest BCUT2D eigenvalue weighted by atomic mass is 32.1. The van der Waals surface area contributed by atoms with Crippen LogP contribution in [-0.4, -0.2) is 23.9 Å². The van der Waals surface area contributed by atoms with Gasteiger partial charge in [0, 0.05) is 30.3 Å². The predicted molar refractivity (Wildman–Crippen MR) is 61.2 cm³/mol. The van der Waals surface area contributed by atoms with Crippen LogP contribution in [0.1, 0.15) is 23.4 Å². The highest BCUT2D eigenvalue weighted by molar-refractivity contribution is 7.09. The van der Waals surface area contributed by atoms with Gasteiger partial charge in [-0.15, -0.1) is 11.3 Å². The van der Waals surface area contributed by atoms with Crippen molar-refractivity contribution in [2.45, 2.75) is 26.2 Å². The van der Waals surface area contributed by atoms with E-state index in [0.29, 0.717) is 12.2 Å². The molecule has 0 saturated carbocycles. The first-order valence-corrected chi connectivity index (χ1v) is 6.27. The Labute approximate surface area is 93.9 Å². The number of hydrogen-bond donors (Lipinski definition) is 1. The lowest BCUT2D eigenvalue weighted by molar-refractivity contribution is -0.124. The minimum atomic E-state index is 0.222. The number of Topliss-reactive ketones (excluding diaryl/α,β-unsaturated/α-hetero) is 1. The Kier molecular flexibility index (Phi) is 3.49. The van der Waals surface area contributed by atoms with Gasteiger partial charge in [-0.1, -0.05) is 0 Å². The molecule has 0 aliphatic carbocycles. The second-order valence-electron chi connectivity index (χ2n) is 4.02. The summed E-state index contributed by atoms with van der Waals surface area (Å²) in [5.41, 5.74) is 3.00. The molecule has 82 valence electrons. The summed E-state index contributed by atoms with van der Waals surface area (Å²) in [5.74, 6) is 0.649. The number of aryl methyl sites for hydroxylation is 2. The fourth-order valence-electron chi connectivity index (χ4n) is 1.94. The van der Waals surface area contributed by atoms with E-state index in [4.69, 9.17) is 0 Å². The second-order valence-corrected chi connectivity index (χ2v) is 4.96. The Hall–Kier alpha value is -0.740. The van der Waals surface area contributed by atoms with Crippen LogP contribution in [0.2, 0.25) is 0 Å². The Balaban J connectivity index is 1.87. The summed E-state index contributed by atoms with van der Waals surface area (Å²) in [6.45, 7) is 3.75. The first kappa shape index (κ1) is 10.8. The monoisotopic (exact) mass is 224 g/mol. The third-order valence-electron chi connectivity index (χ3n) is 2.96. The average molecular weight is 224 g/mol. The zero-order valence-corrected chi connectivity index (χ0v) is 9.77. The lowest BCUT2D eigenvalue weighted by atomic mass is 9.93. The summed E-state index contributed by atoms with van der Waals surface area (Å²) >= 11 is 1.70. The summed E-state index contributed by atoms with van der Waals surface area (Å²) in [6, 6.07) is 0. The Bertz CT molecular complexity index is 348. The van der Waals surface area contributed by atoms with Gasteiger partial charge in [-0.25, -0.2) is 4.98 Å². The SMILES string of the molecule is Cc1ncsc1CCC1CNCCC1=O. The van der Waals surface area contributed by atoms with E-state index in [1.807, 2.05) is 12.4 Å². The summed E-state index contributed by atoms with van der Waals surface area (Å²) < 4.78 is 0. The predicted octanol–water partition coefficient (Wildman–Crippen LogP) is 1.56. The van der Waals surface area contributed by atoms with Crippen LogP contribution in [0.4, 0.5) is 0 Å². The number of ketones is 1. The van der Waals surface area contributed by atoms with Gasteiger partial charge in [0.1, 0.15) is 5.78 Å². The van der Waals surface area contributed by atoms with Crippen molar-refractivity contribution < 1.29 is 4.79 Å². The summed E-state index contributed by atoms with van der Waals surface area (Å²) in [7, 11) is 0. The number of nitrogens with zero attached hydrogens (tertiary/aromatic N) is 1. The smallest absolute Gasteiger partial charge is 0.138 e. The quantitative estimate of drug-likeness (QED) is 0.847. The van der Waals surface area contributed by atoms with Crippen LogP contribution in [0.5, 0.6) is 0 Å². The standard InChI is InChI=1S/C11H16N2OS/c1-8-11(15-7-13-8)3-2-9-6-12-5-4-10(9)14/h7,9,12H,2-6H2,1H3. The molecule has 1 aliphatic heterocycles. The van der Waals surface area contributed by atoms with E-state index in [0.717, 1.165) is 31.6 Å². The molecular weight excluding hydrogens is 208 g/mol. The van der Waals surface area contributed by atoms with Gasteiger partial charge in [-0.05, 0) is 19.8 Å². The van der Waals surface area contributed by atoms with Crippen molar-refractivity contribution in [2.75, 3.05) is 13.1 Å². The van der Waals surface area contributed by atoms with Crippen LogP contribution in [-0.2, 0) is 11.2 Å². The van der Waals surface area contributed by atoms with E-state index in [2.05, 4.69) is 10.3 Å². The van der Waals surface area contributed by atoms with Crippen molar-refractivity contribution in [2.24, 2.45) is 5.92 Å². The number of thiazole rings is 1. The van der Waals surface area contributed by atoms with E-state index >= 15 is 0 Å². The first-order valence-electron chi connectivity index (χ1n) is 5.40. The van der Waals surface area contributed by atoms with Gasteiger partial charge in [-0.2, -0.15) is 0 Å². The largest absolute Gasteiger partial charge is 0.316 e. The lowest BCUT2D eigenvalue weighted by Gasteiger charge is -2.21. The fraction of sp³-hybridized carbons (Fsp3) is 0.636. The first-order chi connectivity index (χ1) is 7.27. The lowest BCUT2D eigenvalue weighted by Crippen LogP contribution is -2.37. The molecule has 1 unspecified atom stereocenters. The topological polar surface area (TPSA) is 42.0 Å². The summed E-state index contributed by atoms with van der Waals surface area (Å²) in [4.78, 5) is 17.1. The van der Waals surface area contributed by atoms with Crippen molar-refractivity contribution in [3.8, 4) is 0 Å². The van der Waals surface area contributed by atoms with E-state index in [-0.39, 0.29) is 5.92 Å². The van der Waals surface area contributed by atoms with Crippen LogP contribution >= 0.6 is 11.3 Å². The molecule has 1 fully saturated rings. The van der Waals surface area contributed by atoms with Crippen molar-refractivity contribution in [1.29, 1.82) is 0 Å². The van der Waals surface area contributed by atoms with E-state index < -0.39 is 0 Å². The van der Waals surface area contributed by atoms with Crippen molar-refractivity contribution in [3.05, 3.63) is 16.1 Å². The van der Waals surface area contributed by atoms with Gasteiger partial charge in [0.2, 0.25) is 0 Å². The number of rotatable bonds is 3. The number of carbonyl (C=O) groups excluding carboxylic acids is 1. The molecule has 1 saturated heterocycles. The average Bonchev–Trinajstić information content (AvgIpc) is 2.63. The Morgan fingerprint density at radius 2 is 2.53 bits per heavy atom. The van der Waals surface area contributed by atoms with E-state index in [1.165, 1.54) is 4.88 Å². The molecule has 1 N–H and O–H groups in total. The van der Waals surface area contributed by atoms with Crippen LogP contribution in [0.25, 0.3) is 0 Å². The molecule has 0 amide bonds. The molecule has 1 aromatic heterocycles. The molecule has 1 aromatic rings. The van der Waals surface area contributed by atoms with Crippen molar-refractivity contribution in [1.82, 2.24) is 10.3 Å². The third kappa shape index (κ3) is 2.63. The molecule has 0 radical (unpaired) electrons. The van der Waals surface area contributed by atoms with Crippen LogP contribution < -0.4 is 5.32 Å². The van der Waals surface area contributed by atoms with Crippen LogP contribution in [0.15, 0.2) is 5.51 Å². The van der Waals surface area contributed by atoms with Gasteiger partial charge in [-0.3, -0.25) is 4.79 Å². The van der Waals surface area contributed by atoms with Crippen LogP contribution in [0, 0.1) is 12.8 Å². The third-order valence-corrected chi connectivity index (χ3v) is 3.95. The fourth-order valence-corrected chi connectivity index (χ4v) is 2.74.